The van der Waals surface area contributed by atoms with Gasteiger partial charge in [-0.3, -0.25) is 5.43 Å². The number of halogens is 2. The number of rotatable bonds is 5. The zero-order chi connectivity index (χ0) is 17.6. The fourth-order valence-corrected chi connectivity index (χ4v) is 2.48. The van der Waals surface area contributed by atoms with Gasteiger partial charge in [0.25, 0.3) is 0 Å². The van der Waals surface area contributed by atoms with Crippen molar-refractivity contribution in [2.24, 2.45) is 5.10 Å². The lowest BCUT2D eigenvalue weighted by atomic mass is 10.2. The van der Waals surface area contributed by atoms with Crippen LogP contribution in [0.15, 0.2) is 71.8 Å². The summed E-state index contributed by atoms with van der Waals surface area (Å²) in [5, 5.41) is 5.19. The molecule has 0 aromatic heterocycles. The highest BCUT2D eigenvalue weighted by Crippen LogP contribution is 2.25. The summed E-state index contributed by atoms with van der Waals surface area (Å²) in [5.41, 5.74) is 5.80. The standard InChI is InChI=1S/C20H16Cl2N2O/c1-14-3-2-4-18(11-14)25-17-8-5-15(6-9-17)13-23-24-16-7-10-19(21)20(22)12-16/h2-13,24H,1H3. The maximum Gasteiger partial charge on any atom is 0.127 e. The van der Waals surface area contributed by atoms with Crippen molar-refractivity contribution in [3.63, 3.8) is 0 Å². The van der Waals surface area contributed by atoms with Crippen LogP contribution in [0.4, 0.5) is 5.69 Å². The topological polar surface area (TPSA) is 33.6 Å². The number of aryl methyl sites for hydroxylation is 1. The quantitative estimate of drug-likeness (QED) is 0.408. The van der Waals surface area contributed by atoms with Crippen molar-refractivity contribution in [3.8, 4) is 11.5 Å². The smallest absolute Gasteiger partial charge is 0.127 e. The molecule has 0 aliphatic rings. The van der Waals surface area contributed by atoms with Gasteiger partial charge >= 0.3 is 0 Å². The van der Waals surface area contributed by atoms with Crippen LogP contribution >= 0.6 is 23.2 Å². The monoisotopic (exact) mass is 370 g/mol. The lowest BCUT2D eigenvalue weighted by Gasteiger charge is -2.06. The Bertz CT molecular complexity index is 892. The van der Waals surface area contributed by atoms with E-state index >= 15 is 0 Å². The predicted octanol–water partition coefficient (Wildman–Crippen LogP) is 6.54. The first-order valence-corrected chi connectivity index (χ1v) is 8.44. The molecule has 3 rings (SSSR count). The van der Waals surface area contributed by atoms with Crippen LogP contribution in [0.25, 0.3) is 0 Å². The first-order valence-electron chi connectivity index (χ1n) is 7.69. The van der Waals surface area contributed by atoms with E-state index in [4.69, 9.17) is 27.9 Å². The van der Waals surface area contributed by atoms with Gasteiger partial charge < -0.3 is 4.74 Å². The molecule has 0 amide bonds. The Balaban J connectivity index is 1.61. The number of nitrogens with zero attached hydrogens (tertiary/aromatic N) is 1. The van der Waals surface area contributed by atoms with Crippen LogP contribution in [0.2, 0.25) is 10.0 Å². The lowest BCUT2D eigenvalue weighted by molar-refractivity contribution is 0.482. The van der Waals surface area contributed by atoms with Crippen LogP contribution in [0, 0.1) is 6.92 Å². The minimum Gasteiger partial charge on any atom is -0.457 e. The molecule has 3 nitrogen and oxygen atoms in total. The number of anilines is 1. The molecule has 0 saturated heterocycles. The van der Waals surface area contributed by atoms with Crippen molar-refractivity contribution >= 4 is 35.1 Å². The molecule has 0 fully saturated rings. The van der Waals surface area contributed by atoms with Crippen molar-refractivity contribution in [1.82, 2.24) is 0 Å². The largest absolute Gasteiger partial charge is 0.457 e. The first-order chi connectivity index (χ1) is 12.1. The molecule has 0 saturated carbocycles. The van der Waals surface area contributed by atoms with Gasteiger partial charge in [0, 0.05) is 0 Å². The summed E-state index contributed by atoms with van der Waals surface area (Å²) in [6, 6.07) is 20.9. The van der Waals surface area contributed by atoms with Gasteiger partial charge in [-0.1, -0.05) is 35.3 Å². The van der Waals surface area contributed by atoms with Crippen molar-refractivity contribution < 1.29 is 4.74 Å². The van der Waals surface area contributed by atoms with Crippen LogP contribution in [-0.4, -0.2) is 6.21 Å². The molecule has 0 aliphatic heterocycles. The highest BCUT2D eigenvalue weighted by molar-refractivity contribution is 6.42. The van der Waals surface area contributed by atoms with E-state index in [9.17, 15) is 0 Å². The number of benzene rings is 3. The minimum atomic E-state index is 0.486. The molecular formula is C20H16Cl2N2O. The van der Waals surface area contributed by atoms with E-state index in [1.54, 1.807) is 18.3 Å². The highest BCUT2D eigenvalue weighted by atomic mass is 35.5. The van der Waals surface area contributed by atoms with Gasteiger partial charge in [0.1, 0.15) is 11.5 Å². The Morgan fingerprint density at radius 1 is 0.880 bits per heavy atom. The van der Waals surface area contributed by atoms with Gasteiger partial charge in [-0.2, -0.15) is 5.10 Å². The summed E-state index contributed by atoms with van der Waals surface area (Å²) < 4.78 is 5.83. The molecule has 3 aromatic carbocycles. The van der Waals surface area contributed by atoms with E-state index in [1.807, 2.05) is 61.5 Å². The molecule has 0 heterocycles. The molecule has 3 aromatic rings. The Hall–Kier alpha value is -2.49. The van der Waals surface area contributed by atoms with Crippen molar-refractivity contribution in [1.29, 1.82) is 0 Å². The summed E-state index contributed by atoms with van der Waals surface area (Å²) in [6.45, 7) is 2.04. The Kier molecular flexibility index (Phi) is 5.59. The Morgan fingerprint density at radius 2 is 1.68 bits per heavy atom. The van der Waals surface area contributed by atoms with E-state index in [0.717, 1.165) is 28.3 Å². The highest BCUT2D eigenvalue weighted by Gasteiger charge is 1.99. The minimum absolute atomic E-state index is 0.486. The van der Waals surface area contributed by atoms with Gasteiger partial charge in [-0.25, -0.2) is 0 Å². The summed E-state index contributed by atoms with van der Waals surface area (Å²) >= 11 is 11.8. The molecule has 0 unspecified atom stereocenters. The fourth-order valence-electron chi connectivity index (χ4n) is 2.18. The number of hydrazone groups is 1. The summed E-state index contributed by atoms with van der Waals surface area (Å²) in [7, 11) is 0. The van der Waals surface area contributed by atoms with Crippen LogP contribution < -0.4 is 10.2 Å². The third kappa shape index (κ3) is 4.99. The van der Waals surface area contributed by atoms with E-state index in [1.165, 1.54) is 0 Å². The summed E-state index contributed by atoms with van der Waals surface area (Å²) in [6.07, 6.45) is 1.72. The molecule has 0 bridgehead atoms. The molecule has 0 spiro atoms. The SMILES string of the molecule is Cc1cccc(Oc2ccc(C=NNc3ccc(Cl)c(Cl)c3)cc2)c1. The zero-order valence-electron chi connectivity index (χ0n) is 13.5. The van der Waals surface area contributed by atoms with E-state index < -0.39 is 0 Å². The number of hydrogen-bond donors (Lipinski definition) is 1. The molecule has 126 valence electrons. The molecule has 0 atom stereocenters. The Morgan fingerprint density at radius 3 is 2.40 bits per heavy atom. The molecule has 25 heavy (non-hydrogen) atoms. The van der Waals surface area contributed by atoms with Crippen LogP contribution in [0.3, 0.4) is 0 Å². The molecule has 1 N–H and O–H groups in total. The van der Waals surface area contributed by atoms with Gasteiger partial charge in [-0.05, 0) is 72.6 Å². The van der Waals surface area contributed by atoms with Crippen molar-refractivity contribution in [2.45, 2.75) is 6.92 Å². The average Bonchev–Trinajstić information content (AvgIpc) is 2.60. The predicted molar refractivity (Wildman–Crippen MR) is 105 cm³/mol. The van der Waals surface area contributed by atoms with Gasteiger partial charge in [0.2, 0.25) is 0 Å². The van der Waals surface area contributed by atoms with Gasteiger partial charge in [0.05, 0.1) is 21.9 Å². The van der Waals surface area contributed by atoms with Crippen LogP contribution in [0.1, 0.15) is 11.1 Å². The third-order valence-electron chi connectivity index (χ3n) is 3.43. The maximum atomic E-state index is 5.97. The molecular weight excluding hydrogens is 355 g/mol. The van der Waals surface area contributed by atoms with Crippen LogP contribution in [0.5, 0.6) is 11.5 Å². The number of ether oxygens (including phenoxy) is 1. The summed E-state index contributed by atoms with van der Waals surface area (Å²) in [5.74, 6) is 1.60. The zero-order valence-corrected chi connectivity index (χ0v) is 15.1. The van der Waals surface area contributed by atoms with Crippen molar-refractivity contribution in [2.75, 3.05) is 5.43 Å². The Labute approximate surface area is 156 Å². The normalized spacial score (nSPS) is 10.8. The second-order valence-electron chi connectivity index (χ2n) is 5.49. The second kappa shape index (κ2) is 8.06. The number of nitrogens with one attached hydrogen (secondary N) is 1. The third-order valence-corrected chi connectivity index (χ3v) is 4.17. The number of hydrogen-bond acceptors (Lipinski definition) is 3. The van der Waals surface area contributed by atoms with Gasteiger partial charge in [0.15, 0.2) is 0 Å². The molecule has 0 radical (unpaired) electrons. The molecule has 0 aliphatic carbocycles. The van der Waals surface area contributed by atoms with E-state index in [2.05, 4.69) is 10.5 Å². The maximum absolute atomic E-state index is 5.97. The molecule has 5 heteroatoms. The summed E-state index contributed by atoms with van der Waals surface area (Å²) in [4.78, 5) is 0. The van der Waals surface area contributed by atoms with Crippen LogP contribution in [-0.2, 0) is 0 Å². The fraction of sp³-hybridized carbons (Fsp3) is 0.0500. The second-order valence-corrected chi connectivity index (χ2v) is 6.30. The first kappa shape index (κ1) is 17.3. The average molecular weight is 371 g/mol. The van der Waals surface area contributed by atoms with E-state index in [-0.39, 0.29) is 0 Å². The van der Waals surface area contributed by atoms with Crippen molar-refractivity contribution in [3.05, 3.63) is 87.9 Å². The van der Waals surface area contributed by atoms with Gasteiger partial charge in [-0.15, -0.1) is 0 Å². The lowest BCUT2D eigenvalue weighted by Crippen LogP contribution is -1.91. The van der Waals surface area contributed by atoms with E-state index in [0.29, 0.717) is 10.0 Å².